The summed E-state index contributed by atoms with van der Waals surface area (Å²) in [4.78, 5) is 44.5. The van der Waals surface area contributed by atoms with Crippen LogP contribution in [0.25, 0.3) is 0 Å². The molecule has 1 spiro atoms. The van der Waals surface area contributed by atoms with Crippen molar-refractivity contribution in [2.24, 2.45) is 11.8 Å². The van der Waals surface area contributed by atoms with Crippen molar-refractivity contribution in [3.8, 4) is 0 Å². The van der Waals surface area contributed by atoms with E-state index in [9.17, 15) is 14.4 Å². The highest BCUT2D eigenvalue weighted by atomic mass is 16.6. The lowest BCUT2D eigenvalue weighted by molar-refractivity contribution is -0.154. The number of unbranched alkanes of at least 4 members (excludes halogenated alkanes) is 3. The molecule has 0 aromatic carbocycles. The van der Waals surface area contributed by atoms with Crippen LogP contribution in [0.4, 0.5) is 0 Å². The van der Waals surface area contributed by atoms with E-state index in [-0.39, 0.29) is 31.1 Å². The van der Waals surface area contributed by atoms with Gasteiger partial charge >= 0.3 is 5.97 Å². The van der Waals surface area contributed by atoms with Crippen molar-refractivity contribution >= 4 is 17.8 Å². The molecular weight excluding hydrogens is 448 g/mol. The first-order valence-corrected chi connectivity index (χ1v) is 13.2. The summed E-state index contributed by atoms with van der Waals surface area (Å²) in [5, 5.41) is 9.07. The third-order valence-corrected chi connectivity index (χ3v) is 7.80. The number of hydrogen-bond acceptors (Lipinski definition) is 6. The number of carbonyl (C=O) groups excluding carboxylic acids is 3. The van der Waals surface area contributed by atoms with Crippen LogP contribution in [-0.2, 0) is 23.9 Å². The summed E-state index contributed by atoms with van der Waals surface area (Å²) in [5.41, 5.74) is -1.01. The molecule has 3 saturated heterocycles. The monoisotopic (exact) mass is 490 g/mol. The van der Waals surface area contributed by atoms with Gasteiger partial charge in [0.05, 0.1) is 17.9 Å². The number of ether oxygens (including phenoxy) is 2. The molecule has 0 aromatic rings. The lowest BCUT2D eigenvalue weighted by Gasteiger charge is -2.39. The van der Waals surface area contributed by atoms with Gasteiger partial charge in [-0.1, -0.05) is 44.9 Å². The van der Waals surface area contributed by atoms with E-state index in [1.165, 1.54) is 6.08 Å². The molecule has 0 saturated carbocycles. The first-order chi connectivity index (χ1) is 16.9. The number of amides is 2. The molecule has 35 heavy (non-hydrogen) atoms. The van der Waals surface area contributed by atoms with Crippen molar-refractivity contribution in [1.82, 2.24) is 9.80 Å². The number of nitrogens with zero attached hydrogens (tertiary/aromatic N) is 2. The number of hydrogen-bond donors (Lipinski definition) is 1. The van der Waals surface area contributed by atoms with Crippen LogP contribution in [0.1, 0.15) is 65.2 Å². The third kappa shape index (κ3) is 5.19. The molecule has 0 aliphatic carbocycles. The first-order valence-electron chi connectivity index (χ1n) is 13.2. The Morgan fingerprint density at radius 1 is 1.29 bits per heavy atom. The summed E-state index contributed by atoms with van der Waals surface area (Å²) >= 11 is 0. The Morgan fingerprint density at radius 2 is 2.03 bits per heavy atom. The second kappa shape index (κ2) is 12.2. The van der Waals surface area contributed by atoms with E-state index in [0.29, 0.717) is 32.4 Å². The SMILES string of the molecule is C=CCOC(=O)[C@@H]1[C@@H]2CCC3(O2)C(C(=O)N(CC=C)C(C)CCC)N(CCCCCCO)C(=O)[C@H]13. The van der Waals surface area contributed by atoms with Gasteiger partial charge in [0.25, 0.3) is 0 Å². The fourth-order valence-corrected chi connectivity index (χ4v) is 6.28. The van der Waals surface area contributed by atoms with Crippen LogP contribution in [-0.4, -0.2) is 82.8 Å². The van der Waals surface area contributed by atoms with Crippen LogP contribution in [0.2, 0.25) is 0 Å². The molecule has 3 aliphatic heterocycles. The van der Waals surface area contributed by atoms with E-state index in [1.54, 1.807) is 11.0 Å². The molecule has 3 aliphatic rings. The number of rotatable bonds is 15. The Labute approximate surface area is 209 Å². The van der Waals surface area contributed by atoms with Gasteiger partial charge in [0.2, 0.25) is 11.8 Å². The second-order valence-corrected chi connectivity index (χ2v) is 10.1. The molecule has 6 atom stereocenters. The van der Waals surface area contributed by atoms with Crippen molar-refractivity contribution in [2.75, 3.05) is 26.3 Å². The van der Waals surface area contributed by atoms with Crippen molar-refractivity contribution in [2.45, 2.75) is 89.0 Å². The van der Waals surface area contributed by atoms with Crippen LogP contribution in [0.3, 0.4) is 0 Å². The average molecular weight is 491 g/mol. The van der Waals surface area contributed by atoms with Crippen LogP contribution in [0.5, 0.6) is 0 Å². The van der Waals surface area contributed by atoms with Crippen LogP contribution < -0.4 is 0 Å². The molecule has 196 valence electrons. The van der Waals surface area contributed by atoms with Gasteiger partial charge in [0, 0.05) is 25.7 Å². The van der Waals surface area contributed by atoms with Gasteiger partial charge in [-0.15, -0.1) is 6.58 Å². The van der Waals surface area contributed by atoms with E-state index in [2.05, 4.69) is 20.1 Å². The highest BCUT2D eigenvalue weighted by Crippen LogP contribution is 2.58. The summed E-state index contributed by atoms with van der Waals surface area (Å²) in [5.74, 6) is -2.18. The Hall–Kier alpha value is -2.19. The molecule has 3 heterocycles. The fraction of sp³-hybridized carbons (Fsp3) is 0.741. The maximum atomic E-state index is 14.2. The van der Waals surface area contributed by atoms with E-state index < -0.39 is 35.6 Å². The summed E-state index contributed by atoms with van der Waals surface area (Å²) in [7, 11) is 0. The minimum Gasteiger partial charge on any atom is -0.461 e. The zero-order valence-electron chi connectivity index (χ0n) is 21.3. The summed E-state index contributed by atoms with van der Waals surface area (Å²) in [6.45, 7) is 12.6. The quantitative estimate of drug-likeness (QED) is 0.215. The summed E-state index contributed by atoms with van der Waals surface area (Å²) in [6.07, 6.45) is 8.93. The maximum absolute atomic E-state index is 14.2. The predicted octanol–water partition coefficient (Wildman–Crippen LogP) is 2.85. The van der Waals surface area contributed by atoms with Gasteiger partial charge in [-0.3, -0.25) is 14.4 Å². The second-order valence-electron chi connectivity index (χ2n) is 10.1. The predicted molar refractivity (Wildman–Crippen MR) is 132 cm³/mol. The Bertz CT molecular complexity index is 801. The van der Waals surface area contributed by atoms with E-state index in [1.807, 2.05) is 11.8 Å². The molecular formula is C27H42N2O6. The maximum Gasteiger partial charge on any atom is 0.312 e. The molecule has 0 aromatic heterocycles. The number of aliphatic hydroxyl groups is 1. The zero-order chi connectivity index (χ0) is 25.6. The van der Waals surface area contributed by atoms with Crippen LogP contribution in [0.15, 0.2) is 25.3 Å². The number of carbonyl (C=O) groups is 3. The van der Waals surface area contributed by atoms with Gasteiger partial charge in [-0.2, -0.15) is 0 Å². The van der Waals surface area contributed by atoms with Crippen molar-refractivity contribution < 1.29 is 29.0 Å². The molecule has 0 radical (unpaired) electrons. The Morgan fingerprint density at radius 3 is 2.69 bits per heavy atom. The first kappa shape index (κ1) is 27.4. The topological polar surface area (TPSA) is 96.4 Å². The summed E-state index contributed by atoms with van der Waals surface area (Å²) in [6, 6.07) is -0.770. The fourth-order valence-electron chi connectivity index (χ4n) is 6.28. The molecule has 3 rings (SSSR count). The van der Waals surface area contributed by atoms with Crippen molar-refractivity contribution in [1.29, 1.82) is 0 Å². The van der Waals surface area contributed by atoms with Gasteiger partial charge in [-0.25, -0.2) is 0 Å². The number of aliphatic hydroxyl groups excluding tert-OH is 1. The molecule has 3 fully saturated rings. The van der Waals surface area contributed by atoms with E-state index in [4.69, 9.17) is 14.6 Å². The molecule has 8 heteroatoms. The van der Waals surface area contributed by atoms with Gasteiger partial charge in [-0.05, 0) is 39.0 Å². The molecule has 2 amide bonds. The van der Waals surface area contributed by atoms with Gasteiger partial charge < -0.3 is 24.4 Å². The molecule has 8 nitrogen and oxygen atoms in total. The smallest absolute Gasteiger partial charge is 0.312 e. The zero-order valence-corrected chi connectivity index (χ0v) is 21.3. The highest BCUT2D eigenvalue weighted by Gasteiger charge is 2.75. The van der Waals surface area contributed by atoms with Gasteiger partial charge in [0.15, 0.2) is 0 Å². The highest BCUT2D eigenvalue weighted by molar-refractivity contribution is 5.98. The van der Waals surface area contributed by atoms with Crippen LogP contribution in [0, 0.1) is 11.8 Å². The molecule has 1 N–H and O–H groups in total. The van der Waals surface area contributed by atoms with Crippen molar-refractivity contribution in [3.05, 3.63) is 25.3 Å². The third-order valence-electron chi connectivity index (χ3n) is 7.80. The normalized spacial score (nSPS) is 29.7. The standard InChI is InChI=1S/C27H42N2O6/c1-5-12-19(4)28(15-6-2)25(32)23-27-14-13-20(35-27)21(26(33)34-18-7-3)22(27)24(31)29(23)16-10-8-9-11-17-30/h6-7,19-23,30H,2-3,5,8-18H2,1,4H3/t19?,20-,21+,22-,23?,27?/m0/s1. The van der Waals surface area contributed by atoms with Crippen LogP contribution >= 0.6 is 0 Å². The molecule has 3 unspecified atom stereocenters. The minimum absolute atomic E-state index is 0.00517. The minimum atomic E-state index is -1.01. The average Bonchev–Trinajstić information content (AvgIpc) is 3.48. The van der Waals surface area contributed by atoms with Crippen molar-refractivity contribution in [3.63, 3.8) is 0 Å². The Kier molecular flexibility index (Phi) is 9.53. The lowest BCUT2D eigenvalue weighted by atomic mass is 9.70. The summed E-state index contributed by atoms with van der Waals surface area (Å²) < 4.78 is 11.8. The Balaban J connectivity index is 1.93. The molecule has 2 bridgehead atoms. The van der Waals surface area contributed by atoms with E-state index >= 15 is 0 Å². The lowest BCUT2D eigenvalue weighted by Crippen LogP contribution is -2.57. The largest absolute Gasteiger partial charge is 0.461 e. The number of esters is 1. The van der Waals surface area contributed by atoms with Gasteiger partial charge in [0.1, 0.15) is 18.2 Å². The number of likely N-dealkylation sites (tertiary alicyclic amines) is 1. The number of fused-ring (bicyclic) bond motifs is 1. The van der Waals surface area contributed by atoms with E-state index in [0.717, 1.165) is 32.1 Å².